The highest BCUT2D eigenvalue weighted by Gasteiger charge is 2.28. The minimum atomic E-state index is -3.99. The van der Waals surface area contributed by atoms with Gasteiger partial charge in [-0.25, -0.2) is 12.8 Å². The zero-order valence-electron chi connectivity index (χ0n) is 10.9. The summed E-state index contributed by atoms with van der Waals surface area (Å²) in [5, 5.41) is 2.57. The molecule has 1 fully saturated rings. The first kappa shape index (κ1) is 14.7. The number of nitrogens with one attached hydrogen (secondary N) is 2. The molecule has 1 aromatic carbocycles. The van der Waals surface area contributed by atoms with E-state index in [0.717, 1.165) is 6.07 Å². The second-order valence-electron chi connectivity index (χ2n) is 4.73. The van der Waals surface area contributed by atoms with Crippen LogP contribution < -0.4 is 15.8 Å². The Morgan fingerprint density at radius 2 is 2.15 bits per heavy atom. The van der Waals surface area contributed by atoms with Crippen molar-refractivity contribution in [3.63, 3.8) is 0 Å². The number of amides is 1. The third-order valence-electron chi connectivity index (χ3n) is 3.25. The quantitative estimate of drug-likeness (QED) is 0.698. The lowest BCUT2D eigenvalue weighted by Crippen LogP contribution is -2.50. The van der Waals surface area contributed by atoms with Crippen LogP contribution in [0, 0.1) is 12.7 Å². The van der Waals surface area contributed by atoms with Crippen molar-refractivity contribution >= 4 is 21.6 Å². The van der Waals surface area contributed by atoms with Crippen LogP contribution in [0.15, 0.2) is 17.0 Å². The van der Waals surface area contributed by atoms with E-state index >= 15 is 0 Å². The topological polar surface area (TPSA) is 101 Å². The molecule has 4 N–H and O–H groups in total. The maximum absolute atomic E-state index is 13.6. The Balaban J connectivity index is 2.28. The second-order valence-corrected chi connectivity index (χ2v) is 6.44. The highest BCUT2D eigenvalue weighted by Crippen LogP contribution is 2.21. The van der Waals surface area contributed by atoms with Gasteiger partial charge < -0.3 is 11.1 Å². The number of piperidine rings is 1. The van der Waals surface area contributed by atoms with Gasteiger partial charge in [0, 0.05) is 17.8 Å². The molecule has 1 aliphatic rings. The summed E-state index contributed by atoms with van der Waals surface area (Å²) in [4.78, 5) is 11.3. The lowest BCUT2D eigenvalue weighted by molar-refractivity contribution is -0.124. The molecule has 0 saturated carbocycles. The van der Waals surface area contributed by atoms with Crippen LogP contribution >= 0.6 is 0 Å². The highest BCUT2D eigenvalue weighted by molar-refractivity contribution is 7.89. The standard InChI is InChI=1S/C12H16FN3O3S/c1-7-9(13)5-8(6-10(7)14)20(18,19)16-11-3-2-4-15-12(11)17/h5-6,11,16H,2-4,14H2,1H3,(H,15,17). The van der Waals surface area contributed by atoms with Crippen LogP contribution in [0.2, 0.25) is 0 Å². The number of carbonyl (C=O) groups is 1. The van der Waals surface area contributed by atoms with Crippen LogP contribution in [0.3, 0.4) is 0 Å². The van der Waals surface area contributed by atoms with Gasteiger partial charge in [-0.2, -0.15) is 4.72 Å². The van der Waals surface area contributed by atoms with Gasteiger partial charge in [-0.05, 0) is 31.9 Å². The van der Waals surface area contributed by atoms with Crippen molar-refractivity contribution in [1.82, 2.24) is 10.0 Å². The molecule has 0 aromatic heterocycles. The van der Waals surface area contributed by atoms with Crippen LogP contribution in [-0.4, -0.2) is 26.9 Å². The summed E-state index contributed by atoms with van der Waals surface area (Å²) in [6, 6.07) is 1.25. The molecule has 1 unspecified atom stereocenters. The maximum Gasteiger partial charge on any atom is 0.241 e. The highest BCUT2D eigenvalue weighted by atomic mass is 32.2. The van der Waals surface area contributed by atoms with Crippen molar-refractivity contribution in [2.45, 2.75) is 30.7 Å². The number of nitrogen functional groups attached to an aromatic ring is 1. The van der Waals surface area contributed by atoms with Gasteiger partial charge in [-0.3, -0.25) is 4.79 Å². The number of benzene rings is 1. The lowest BCUT2D eigenvalue weighted by Gasteiger charge is -2.22. The molecule has 20 heavy (non-hydrogen) atoms. The molecule has 0 spiro atoms. The molecule has 0 bridgehead atoms. The molecular formula is C12H16FN3O3S. The molecule has 0 aliphatic carbocycles. The molecular weight excluding hydrogens is 285 g/mol. The van der Waals surface area contributed by atoms with Gasteiger partial charge in [0.2, 0.25) is 15.9 Å². The number of anilines is 1. The van der Waals surface area contributed by atoms with E-state index in [1.807, 2.05) is 0 Å². The van der Waals surface area contributed by atoms with Crippen molar-refractivity contribution in [1.29, 1.82) is 0 Å². The first-order chi connectivity index (χ1) is 9.31. The summed E-state index contributed by atoms with van der Waals surface area (Å²) >= 11 is 0. The fourth-order valence-corrected chi connectivity index (χ4v) is 3.25. The second kappa shape index (κ2) is 5.37. The molecule has 1 aliphatic heterocycles. The maximum atomic E-state index is 13.6. The molecule has 1 amide bonds. The molecule has 1 saturated heterocycles. The van der Waals surface area contributed by atoms with E-state index in [1.165, 1.54) is 13.0 Å². The number of nitrogens with two attached hydrogens (primary N) is 1. The van der Waals surface area contributed by atoms with Crippen LogP contribution in [0.4, 0.5) is 10.1 Å². The van der Waals surface area contributed by atoms with Gasteiger partial charge >= 0.3 is 0 Å². The fraction of sp³-hybridized carbons (Fsp3) is 0.417. The molecule has 6 nitrogen and oxygen atoms in total. The number of hydrogen-bond acceptors (Lipinski definition) is 4. The van der Waals surface area contributed by atoms with Crippen molar-refractivity contribution in [3.05, 3.63) is 23.5 Å². The summed E-state index contributed by atoms with van der Waals surface area (Å²) in [6.45, 7) is 1.99. The van der Waals surface area contributed by atoms with Crippen molar-refractivity contribution in [2.75, 3.05) is 12.3 Å². The minimum Gasteiger partial charge on any atom is -0.398 e. The first-order valence-electron chi connectivity index (χ1n) is 6.17. The molecule has 2 rings (SSSR count). The molecule has 1 atom stereocenters. The van der Waals surface area contributed by atoms with Crippen LogP contribution in [-0.2, 0) is 14.8 Å². The normalized spacial score (nSPS) is 19.7. The van der Waals surface area contributed by atoms with E-state index in [4.69, 9.17) is 5.73 Å². The molecule has 1 aromatic rings. The predicted octanol–water partition coefficient (Wildman–Crippen LogP) is 0.273. The minimum absolute atomic E-state index is 0.0541. The van der Waals surface area contributed by atoms with E-state index < -0.39 is 21.9 Å². The first-order valence-corrected chi connectivity index (χ1v) is 7.65. The summed E-state index contributed by atoms with van der Waals surface area (Å²) in [7, 11) is -3.99. The van der Waals surface area contributed by atoms with Crippen molar-refractivity contribution in [3.8, 4) is 0 Å². The Morgan fingerprint density at radius 1 is 1.45 bits per heavy atom. The molecule has 1 heterocycles. The third-order valence-corrected chi connectivity index (χ3v) is 4.70. The Labute approximate surface area is 116 Å². The van der Waals surface area contributed by atoms with Gasteiger partial charge in [-0.15, -0.1) is 0 Å². The zero-order chi connectivity index (χ0) is 14.9. The van der Waals surface area contributed by atoms with E-state index in [0.29, 0.717) is 19.4 Å². The Morgan fingerprint density at radius 3 is 2.75 bits per heavy atom. The average molecular weight is 301 g/mol. The molecule has 0 radical (unpaired) electrons. The van der Waals surface area contributed by atoms with Crippen LogP contribution in [0.25, 0.3) is 0 Å². The number of sulfonamides is 1. The van der Waals surface area contributed by atoms with E-state index in [9.17, 15) is 17.6 Å². The number of halogens is 1. The largest absolute Gasteiger partial charge is 0.398 e. The van der Waals surface area contributed by atoms with Gasteiger partial charge in [0.25, 0.3) is 0 Å². The van der Waals surface area contributed by atoms with Crippen LogP contribution in [0.1, 0.15) is 18.4 Å². The van der Waals surface area contributed by atoms with Gasteiger partial charge in [-0.1, -0.05) is 0 Å². The van der Waals surface area contributed by atoms with E-state index in [1.54, 1.807) is 0 Å². The zero-order valence-corrected chi connectivity index (χ0v) is 11.8. The van der Waals surface area contributed by atoms with Crippen molar-refractivity contribution < 1.29 is 17.6 Å². The fourth-order valence-electron chi connectivity index (χ4n) is 1.97. The summed E-state index contributed by atoms with van der Waals surface area (Å²) in [5.41, 5.74) is 5.82. The third kappa shape index (κ3) is 2.91. The van der Waals surface area contributed by atoms with Gasteiger partial charge in [0.05, 0.1) is 4.90 Å². The SMILES string of the molecule is Cc1c(N)cc(S(=O)(=O)NC2CCCNC2=O)cc1F. The lowest BCUT2D eigenvalue weighted by atomic mass is 10.1. The van der Waals surface area contributed by atoms with Gasteiger partial charge in [0.15, 0.2) is 0 Å². The van der Waals surface area contributed by atoms with Crippen LogP contribution in [0.5, 0.6) is 0 Å². The predicted molar refractivity (Wildman–Crippen MR) is 71.9 cm³/mol. The van der Waals surface area contributed by atoms with E-state index in [2.05, 4.69) is 10.0 Å². The average Bonchev–Trinajstić information content (AvgIpc) is 2.38. The smallest absolute Gasteiger partial charge is 0.241 e. The summed E-state index contributed by atoms with van der Waals surface area (Å²) in [6.07, 6.45) is 1.10. The number of hydrogen-bond donors (Lipinski definition) is 3. The molecule has 8 heteroatoms. The Bertz CT molecular complexity index is 622. The van der Waals surface area contributed by atoms with E-state index in [-0.39, 0.29) is 22.1 Å². The summed E-state index contributed by atoms with van der Waals surface area (Å²) < 4.78 is 40.1. The van der Waals surface area contributed by atoms with Gasteiger partial charge in [0.1, 0.15) is 11.9 Å². The Hall–Kier alpha value is -1.67. The Kier molecular flexibility index (Phi) is 3.96. The monoisotopic (exact) mass is 301 g/mol. The number of carbonyl (C=O) groups excluding carboxylic acids is 1. The number of rotatable bonds is 3. The summed E-state index contributed by atoms with van der Waals surface area (Å²) in [5.74, 6) is -1.07. The molecule has 110 valence electrons. The van der Waals surface area contributed by atoms with Crippen molar-refractivity contribution in [2.24, 2.45) is 0 Å².